The Balaban J connectivity index is 2.61. The van der Waals surface area contributed by atoms with E-state index in [1.54, 1.807) is 0 Å². The van der Waals surface area contributed by atoms with Gasteiger partial charge in [-0.05, 0) is 6.42 Å². The standard InChI is InChI=1S/C7H12N2O/c8-7-4-2-1-3-6(5-10)9-7/h1,3,6,10H,2,4-5H2,(H2,8,9). The van der Waals surface area contributed by atoms with Gasteiger partial charge in [0, 0.05) is 6.42 Å². The number of aliphatic hydroxyl groups excluding tert-OH is 1. The normalized spacial score (nSPS) is 25.7. The van der Waals surface area contributed by atoms with Gasteiger partial charge in [-0.25, -0.2) is 0 Å². The van der Waals surface area contributed by atoms with Crippen LogP contribution in [0.2, 0.25) is 0 Å². The van der Waals surface area contributed by atoms with E-state index in [4.69, 9.17) is 10.8 Å². The Labute approximate surface area is 60.3 Å². The summed E-state index contributed by atoms with van der Waals surface area (Å²) in [7, 11) is 0. The maximum absolute atomic E-state index is 8.72. The molecule has 0 aliphatic carbocycles. The molecule has 10 heavy (non-hydrogen) atoms. The average molecular weight is 140 g/mol. The third-order valence-electron chi connectivity index (χ3n) is 1.44. The van der Waals surface area contributed by atoms with Crippen molar-refractivity contribution in [1.82, 2.24) is 0 Å². The molecule has 0 aromatic rings. The quantitative estimate of drug-likeness (QED) is 0.506. The molecule has 0 saturated heterocycles. The van der Waals surface area contributed by atoms with E-state index in [0.29, 0.717) is 5.84 Å². The molecule has 0 aromatic carbocycles. The highest BCUT2D eigenvalue weighted by Gasteiger charge is 2.03. The fraction of sp³-hybridized carbons (Fsp3) is 0.571. The van der Waals surface area contributed by atoms with Crippen LogP contribution in [0.1, 0.15) is 12.8 Å². The molecule has 3 nitrogen and oxygen atoms in total. The van der Waals surface area contributed by atoms with Gasteiger partial charge in [0.05, 0.1) is 18.5 Å². The number of rotatable bonds is 1. The van der Waals surface area contributed by atoms with E-state index in [1.807, 2.05) is 12.2 Å². The Kier molecular flexibility index (Phi) is 2.45. The van der Waals surface area contributed by atoms with Crippen LogP contribution in [0.25, 0.3) is 0 Å². The summed E-state index contributed by atoms with van der Waals surface area (Å²) in [4.78, 5) is 4.05. The molecule has 3 N–H and O–H groups in total. The third-order valence-corrected chi connectivity index (χ3v) is 1.44. The topological polar surface area (TPSA) is 58.6 Å². The minimum Gasteiger partial charge on any atom is -0.394 e. The van der Waals surface area contributed by atoms with Crippen LogP contribution in [0.15, 0.2) is 17.1 Å². The van der Waals surface area contributed by atoms with Crippen molar-refractivity contribution in [2.75, 3.05) is 6.61 Å². The lowest BCUT2D eigenvalue weighted by molar-refractivity contribution is 0.284. The molecule has 56 valence electrons. The van der Waals surface area contributed by atoms with E-state index < -0.39 is 0 Å². The highest BCUT2D eigenvalue weighted by atomic mass is 16.3. The van der Waals surface area contributed by atoms with Gasteiger partial charge < -0.3 is 10.8 Å². The van der Waals surface area contributed by atoms with Crippen molar-refractivity contribution in [2.24, 2.45) is 10.7 Å². The first-order chi connectivity index (χ1) is 4.83. The van der Waals surface area contributed by atoms with E-state index in [-0.39, 0.29) is 12.6 Å². The number of allylic oxidation sites excluding steroid dienone is 1. The first-order valence-electron chi connectivity index (χ1n) is 3.42. The highest BCUT2D eigenvalue weighted by Crippen LogP contribution is 2.02. The zero-order chi connectivity index (χ0) is 7.40. The Morgan fingerprint density at radius 3 is 3.30 bits per heavy atom. The van der Waals surface area contributed by atoms with Gasteiger partial charge in [0.1, 0.15) is 0 Å². The molecular formula is C7H12N2O. The van der Waals surface area contributed by atoms with Crippen LogP contribution < -0.4 is 5.73 Å². The van der Waals surface area contributed by atoms with Gasteiger partial charge >= 0.3 is 0 Å². The summed E-state index contributed by atoms with van der Waals surface area (Å²) < 4.78 is 0. The molecule has 0 aromatic heterocycles. The van der Waals surface area contributed by atoms with Crippen LogP contribution >= 0.6 is 0 Å². The van der Waals surface area contributed by atoms with E-state index >= 15 is 0 Å². The number of nitrogens with zero attached hydrogens (tertiary/aromatic N) is 1. The zero-order valence-electron chi connectivity index (χ0n) is 5.83. The zero-order valence-corrected chi connectivity index (χ0v) is 5.83. The van der Waals surface area contributed by atoms with E-state index in [0.717, 1.165) is 12.8 Å². The summed E-state index contributed by atoms with van der Waals surface area (Å²) >= 11 is 0. The SMILES string of the molecule is NC1=NC(CO)C=CCC1. The fourth-order valence-corrected chi connectivity index (χ4v) is 0.907. The number of aliphatic imine (C=N–C) groups is 1. The second-order valence-electron chi connectivity index (χ2n) is 2.34. The van der Waals surface area contributed by atoms with Gasteiger partial charge in [0.15, 0.2) is 0 Å². The molecule has 1 rings (SSSR count). The van der Waals surface area contributed by atoms with E-state index in [9.17, 15) is 0 Å². The van der Waals surface area contributed by atoms with Crippen LogP contribution in [-0.2, 0) is 0 Å². The van der Waals surface area contributed by atoms with Gasteiger partial charge in [-0.1, -0.05) is 12.2 Å². The molecule has 0 spiro atoms. The number of nitrogens with two attached hydrogens (primary N) is 1. The van der Waals surface area contributed by atoms with Crippen LogP contribution in [-0.4, -0.2) is 23.6 Å². The number of amidine groups is 1. The fourth-order valence-electron chi connectivity index (χ4n) is 0.907. The summed E-state index contributed by atoms with van der Waals surface area (Å²) in [6, 6.07) is -0.109. The van der Waals surface area contributed by atoms with Crippen LogP contribution in [0.5, 0.6) is 0 Å². The Morgan fingerprint density at radius 2 is 2.60 bits per heavy atom. The second kappa shape index (κ2) is 3.37. The second-order valence-corrected chi connectivity index (χ2v) is 2.34. The molecule has 0 fully saturated rings. The van der Waals surface area contributed by atoms with Crippen molar-refractivity contribution >= 4 is 5.84 Å². The van der Waals surface area contributed by atoms with Crippen LogP contribution in [0.3, 0.4) is 0 Å². The monoisotopic (exact) mass is 140 g/mol. The maximum atomic E-state index is 8.72. The lowest BCUT2D eigenvalue weighted by Crippen LogP contribution is -2.15. The Hall–Kier alpha value is -0.830. The molecule has 1 aliphatic rings. The lowest BCUT2D eigenvalue weighted by Gasteiger charge is -2.00. The highest BCUT2D eigenvalue weighted by molar-refractivity contribution is 5.81. The molecule has 1 heterocycles. The van der Waals surface area contributed by atoms with Gasteiger partial charge in [0.2, 0.25) is 0 Å². The number of hydrogen-bond acceptors (Lipinski definition) is 3. The van der Waals surface area contributed by atoms with Crippen molar-refractivity contribution in [1.29, 1.82) is 0 Å². The third kappa shape index (κ3) is 1.84. The Morgan fingerprint density at radius 1 is 1.80 bits per heavy atom. The van der Waals surface area contributed by atoms with Crippen LogP contribution in [0, 0.1) is 0 Å². The molecule has 0 radical (unpaired) electrons. The molecule has 0 bridgehead atoms. The number of hydrogen-bond donors (Lipinski definition) is 2. The van der Waals surface area contributed by atoms with Crippen molar-refractivity contribution in [3.05, 3.63) is 12.2 Å². The van der Waals surface area contributed by atoms with Crippen LogP contribution in [0.4, 0.5) is 0 Å². The summed E-state index contributed by atoms with van der Waals surface area (Å²) in [6.07, 6.45) is 5.64. The molecule has 1 aliphatic heterocycles. The van der Waals surface area contributed by atoms with E-state index in [2.05, 4.69) is 4.99 Å². The van der Waals surface area contributed by atoms with Gasteiger partial charge in [-0.3, -0.25) is 4.99 Å². The van der Waals surface area contributed by atoms with Crippen molar-refractivity contribution in [3.63, 3.8) is 0 Å². The molecule has 1 atom stereocenters. The predicted octanol–water partition coefficient (Wildman–Crippen LogP) is 0.0545. The van der Waals surface area contributed by atoms with Gasteiger partial charge in [0.25, 0.3) is 0 Å². The van der Waals surface area contributed by atoms with Crippen molar-refractivity contribution in [3.8, 4) is 0 Å². The van der Waals surface area contributed by atoms with Gasteiger partial charge in [-0.2, -0.15) is 0 Å². The molecule has 0 amide bonds. The summed E-state index contributed by atoms with van der Waals surface area (Å²) in [5.41, 5.74) is 5.50. The maximum Gasteiger partial charge on any atom is 0.0948 e. The summed E-state index contributed by atoms with van der Waals surface area (Å²) in [5.74, 6) is 0.643. The Bertz CT molecular complexity index is 163. The van der Waals surface area contributed by atoms with Crippen molar-refractivity contribution < 1.29 is 5.11 Å². The molecule has 0 saturated carbocycles. The summed E-state index contributed by atoms with van der Waals surface area (Å²) in [6.45, 7) is 0.0528. The minimum absolute atomic E-state index is 0.0528. The molecular weight excluding hydrogens is 128 g/mol. The lowest BCUT2D eigenvalue weighted by atomic mass is 10.2. The first kappa shape index (κ1) is 7.28. The smallest absolute Gasteiger partial charge is 0.0948 e. The predicted molar refractivity (Wildman–Crippen MR) is 40.9 cm³/mol. The molecule has 3 heteroatoms. The number of aliphatic hydroxyl groups is 1. The average Bonchev–Trinajstić information content (AvgIpc) is 2.13. The van der Waals surface area contributed by atoms with Crippen molar-refractivity contribution in [2.45, 2.75) is 18.9 Å². The largest absolute Gasteiger partial charge is 0.394 e. The first-order valence-corrected chi connectivity index (χ1v) is 3.42. The minimum atomic E-state index is -0.109. The van der Waals surface area contributed by atoms with E-state index in [1.165, 1.54) is 0 Å². The summed E-state index contributed by atoms with van der Waals surface area (Å²) in [5, 5.41) is 8.72. The van der Waals surface area contributed by atoms with Gasteiger partial charge in [-0.15, -0.1) is 0 Å². The molecule has 1 unspecified atom stereocenters.